The third-order valence-corrected chi connectivity index (χ3v) is 3.46. The Labute approximate surface area is 141 Å². The van der Waals surface area contributed by atoms with E-state index in [2.05, 4.69) is 15.1 Å². The maximum atomic E-state index is 13.4. The molecule has 0 saturated carbocycles. The third kappa shape index (κ3) is 3.39. The van der Waals surface area contributed by atoms with Crippen LogP contribution in [0.2, 0.25) is 0 Å². The van der Waals surface area contributed by atoms with Gasteiger partial charge in [0, 0.05) is 17.3 Å². The standard InChI is InChI=1S/C16H14F3N5O/c1-9-7-14(22-15(20)21-9)24-13(16(17,18)19)8-12(23-24)10-3-5-11(25-2)6-4-10/h3-8H,1-2H3,(H2,20,21,22). The van der Waals surface area contributed by atoms with Crippen molar-refractivity contribution in [1.82, 2.24) is 19.7 Å². The molecule has 0 aliphatic heterocycles. The quantitative estimate of drug-likeness (QED) is 0.785. The summed E-state index contributed by atoms with van der Waals surface area (Å²) in [6, 6.07) is 8.91. The van der Waals surface area contributed by atoms with Gasteiger partial charge in [0.2, 0.25) is 5.95 Å². The summed E-state index contributed by atoms with van der Waals surface area (Å²) >= 11 is 0. The summed E-state index contributed by atoms with van der Waals surface area (Å²) in [6.45, 7) is 1.61. The van der Waals surface area contributed by atoms with Gasteiger partial charge in [-0.2, -0.15) is 23.3 Å². The Hall–Kier alpha value is -3.10. The minimum absolute atomic E-state index is 0.0444. The molecule has 6 nitrogen and oxygen atoms in total. The fourth-order valence-electron chi connectivity index (χ4n) is 2.34. The van der Waals surface area contributed by atoms with Crippen LogP contribution in [0.4, 0.5) is 19.1 Å². The molecule has 0 aliphatic rings. The molecular formula is C16H14F3N5O. The van der Waals surface area contributed by atoms with E-state index in [0.717, 1.165) is 10.7 Å². The van der Waals surface area contributed by atoms with Gasteiger partial charge in [-0.1, -0.05) is 0 Å². The zero-order valence-electron chi connectivity index (χ0n) is 13.4. The molecule has 0 saturated heterocycles. The van der Waals surface area contributed by atoms with Gasteiger partial charge >= 0.3 is 6.18 Å². The van der Waals surface area contributed by atoms with E-state index in [4.69, 9.17) is 10.5 Å². The lowest BCUT2D eigenvalue weighted by molar-refractivity contribution is -0.142. The molecule has 0 fully saturated rings. The SMILES string of the molecule is COc1ccc(-c2cc(C(F)(F)F)n(-c3cc(C)nc(N)n3)n2)cc1. The van der Waals surface area contributed by atoms with Gasteiger partial charge in [0.1, 0.15) is 5.75 Å². The number of nitrogens with two attached hydrogens (primary N) is 1. The van der Waals surface area contributed by atoms with E-state index < -0.39 is 11.9 Å². The number of anilines is 1. The van der Waals surface area contributed by atoms with Gasteiger partial charge in [-0.15, -0.1) is 0 Å². The van der Waals surface area contributed by atoms with Gasteiger partial charge in [-0.25, -0.2) is 9.67 Å². The second kappa shape index (κ2) is 6.08. The van der Waals surface area contributed by atoms with E-state index in [-0.39, 0.29) is 17.5 Å². The summed E-state index contributed by atoms with van der Waals surface area (Å²) in [5, 5.41) is 4.06. The molecule has 0 amide bonds. The van der Waals surface area contributed by atoms with Gasteiger partial charge in [0.05, 0.1) is 12.8 Å². The maximum absolute atomic E-state index is 13.4. The predicted octanol–water partition coefficient (Wildman–Crippen LogP) is 3.25. The fraction of sp³-hybridized carbons (Fsp3) is 0.188. The number of rotatable bonds is 3. The smallest absolute Gasteiger partial charge is 0.433 e. The van der Waals surface area contributed by atoms with Crippen LogP contribution in [0.3, 0.4) is 0 Å². The summed E-state index contributed by atoms with van der Waals surface area (Å²) in [7, 11) is 1.51. The zero-order valence-corrected chi connectivity index (χ0v) is 13.4. The number of hydrogen-bond acceptors (Lipinski definition) is 5. The highest BCUT2D eigenvalue weighted by Crippen LogP contribution is 2.34. The van der Waals surface area contributed by atoms with E-state index in [9.17, 15) is 13.2 Å². The molecule has 2 aromatic heterocycles. The van der Waals surface area contributed by atoms with E-state index in [1.165, 1.54) is 13.2 Å². The number of ether oxygens (including phenoxy) is 1. The Kier molecular flexibility index (Phi) is 4.07. The highest BCUT2D eigenvalue weighted by molar-refractivity contribution is 5.61. The second-order valence-electron chi connectivity index (χ2n) is 5.28. The first kappa shape index (κ1) is 16.7. The monoisotopic (exact) mass is 349 g/mol. The van der Waals surface area contributed by atoms with Crippen molar-refractivity contribution in [3.63, 3.8) is 0 Å². The lowest BCUT2D eigenvalue weighted by Crippen LogP contribution is -2.15. The molecule has 2 heterocycles. The minimum Gasteiger partial charge on any atom is -0.497 e. The largest absolute Gasteiger partial charge is 0.497 e. The van der Waals surface area contributed by atoms with E-state index in [1.807, 2.05) is 0 Å². The number of hydrogen-bond donors (Lipinski definition) is 1. The molecule has 0 radical (unpaired) electrons. The second-order valence-corrected chi connectivity index (χ2v) is 5.28. The molecule has 0 aliphatic carbocycles. The third-order valence-electron chi connectivity index (χ3n) is 3.46. The average Bonchev–Trinajstić information content (AvgIpc) is 3.00. The molecule has 130 valence electrons. The van der Waals surface area contributed by atoms with Gasteiger partial charge in [0.25, 0.3) is 0 Å². The molecular weight excluding hydrogens is 335 g/mol. The number of aryl methyl sites for hydroxylation is 1. The van der Waals surface area contributed by atoms with Crippen molar-refractivity contribution in [2.75, 3.05) is 12.8 Å². The van der Waals surface area contributed by atoms with Crippen LogP contribution in [0.25, 0.3) is 17.1 Å². The molecule has 0 atom stereocenters. The fourth-order valence-corrected chi connectivity index (χ4v) is 2.34. The zero-order chi connectivity index (χ0) is 18.2. The Morgan fingerprint density at radius 3 is 2.32 bits per heavy atom. The van der Waals surface area contributed by atoms with Crippen molar-refractivity contribution < 1.29 is 17.9 Å². The summed E-state index contributed by atoms with van der Waals surface area (Å²) < 4.78 is 46.1. The molecule has 0 unspecified atom stereocenters. The lowest BCUT2D eigenvalue weighted by atomic mass is 10.1. The van der Waals surface area contributed by atoms with Crippen LogP contribution >= 0.6 is 0 Å². The van der Waals surface area contributed by atoms with Crippen LogP contribution < -0.4 is 10.5 Å². The van der Waals surface area contributed by atoms with E-state index in [1.54, 1.807) is 31.2 Å². The molecule has 3 aromatic rings. The number of halogens is 3. The molecule has 9 heteroatoms. The van der Waals surface area contributed by atoms with Gasteiger partial charge in [-0.05, 0) is 37.3 Å². The summed E-state index contributed by atoms with van der Waals surface area (Å²) in [5.74, 6) is 0.431. The van der Waals surface area contributed by atoms with E-state index >= 15 is 0 Å². The molecule has 3 rings (SSSR count). The summed E-state index contributed by atoms with van der Waals surface area (Å²) in [5.41, 5.74) is 5.72. The Morgan fingerprint density at radius 2 is 1.76 bits per heavy atom. The van der Waals surface area contributed by atoms with Crippen LogP contribution in [0.5, 0.6) is 5.75 Å². The molecule has 0 bridgehead atoms. The average molecular weight is 349 g/mol. The normalized spacial score (nSPS) is 11.6. The van der Waals surface area contributed by atoms with Crippen LogP contribution in [-0.2, 0) is 6.18 Å². The molecule has 2 N–H and O–H groups in total. The Morgan fingerprint density at radius 1 is 1.08 bits per heavy atom. The van der Waals surface area contributed by atoms with Gasteiger partial charge in [0.15, 0.2) is 11.5 Å². The number of methoxy groups -OCH3 is 1. The number of benzene rings is 1. The van der Waals surface area contributed by atoms with Crippen LogP contribution in [0, 0.1) is 6.92 Å². The van der Waals surface area contributed by atoms with E-state index in [0.29, 0.717) is 17.0 Å². The van der Waals surface area contributed by atoms with Crippen LogP contribution in [0.1, 0.15) is 11.4 Å². The number of nitrogens with zero attached hydrogens (tertiary/aromatic N) is 4. The lowest BCUT2D eigenvalue weighted by Gasteiger charge is -2.10. The van der Waals surface area contributed by atoms with Crippen molar-refractivity contribution >= 4 is 5.95 Å². The number of nitrogen functional groups attached to an aromatic ring is 1. The highest BCUT2D eigenvalue weighted by Gasteiger charge is 2.37. The first-order chi connectivity index (χ1) is 11.8. The number of aromatic nitrogens is 4. The molecule has 25 heavy (non-hydrogen) atoms. The minimum atomic E-state index is -4.61. The topological polar surface area (TPSA) is 78.9 Å². The maximum Gasteiger partial charge on any atom is 0.433 e. The van der Waals surface area contributed by atoms with Crippen molar-refractivity contribution in [2.24, 2.45) is 0 Å². The van der Waals surface area contributed by atoms with Crippen molar-refractivity contribution in [2.45, 2.75) is 13.1 Å². The Bertz CT molecular complexity index is 883. The molecule has 1 aromatic carbocycles. The summed E-state index contributed by atoms with van der Waals surface area (Å²) in [6.07, 6.45) is -4.61. The van der Waals surface area contributed by atoms with Crippen LogP contribution in [0.15, 0.2) is 36.4 Å². The predicted molar refractivity (Wildman–Crippen MR) is 85.3 cm³/mol. The van der Waals surface area contributed by atoms with Crippen LogP contribution in [-0.4, -0.2) is 26.9 Å². The first-order valence-electron chi connectivity index (χ1n) is 7.21. The highest BCUT2D eigenvalue weighted by atomic mass is 19.4. The van der Waals surface area contributed by atoms with Crippen molar-refractivity contribution in [3.8, 4) is 22.8 Å². The van der Waals surface area contributed by atoms with Gasteiger partial charge in [-0.3, -0.25) is 0 Å². The Balaban J connectivity index is 2.15. The molecule has 0 spiro atoms. The van der Waals surface area contributed by atoms with Gasteiger partial charge < -0.3 is 10.5 Å². The number of alkyl halides is 3. The van der Waals surface area contributed by atoms with Crippen molar-refractivity contribution in [3.05, 3.63) is 47.8 Å². The first-order valence-corrected chi connectivity index (χ1v) is 7.21. The summed E-state index contributed by atoms with van der Waals surface area (Å²) in [4.78, 5) is 7.73. The van der Waals surface area contributed by atoms with Crippen molar-refractivity contribution in [1.29, 1.82) is 0 Å².